The van der Waals surface area contributed by atoms with Gasteiger partial charge in [-0.25, -0.2) is 0 Å². The third kappa shape index (κ3) is 1.44. The Morgan fingerprint density at radius 3 is 3.00 bits per heavy atom. The maximum absolute atomic E-state index is 5.63. The lowest BCUT2D eigenvalue weighted by atomic mass is 9.95. The Bertz CT molecular complexity index is 373. The lowest BCUT2D eigenvalue weighted by Crippen LogP contribution is -2.34. The molecule has 3 nitrogen and oxygen atoms in total. The van der Waals surface area contributed by atoms with Gasteiger partial charge in [0.05, 0.1) is 17.6 Å². The number of rotatable bonds is 2. The van der Waals surface area contributed by atoms with E-state index in [-0.39, 0.29) is 11.7 Å². The molecule has 1 aliphatic rings. The van der Waals surface area contributed by atoms with Gasteiger partial charge in [0.15, 0.2) is 3.95 Å². The first-order chi connectivity index (χ1) is 6.69. The monoisotopic (exact) mass is 231 g/mol. The smallest absolute Gasteiger partial charge is 0.158 e. The van der Waals surface area contributed by atoms with Crippen molar-refractivity contribution in [2.75, 3.05) is 13.7 Å². The highest BCUT2D eigenvalue weighted by molar-refractivity contribution is 7.73. The molecule has 78 valence electrons. The van der Waals surface area contributed by atoms with Gasteiger partial charge < -0.3 is 14.5 Å². The van der Waals surface area contributed by atoms with Crippen molar-refractivity contribution in [3.63, 3.8) is 0 Å². The van der Waals surface area contributed by atoms with Crippen LogP contribution in [0.2, 0.25) is 0 Å². The Kier molecular flexibility index (Phi) is 2.74. The predicted octanol–water partition coefficient (Wildman–Crippen LogP) is 2.46. The molecular formula is C9H13NO2S2. The van der Waals surface area contributed by atoms with E-state index in [1.54, 1.807) is 18.4 Å². The van der Waals surface area contributed by atoms with Crippen LogP contribution in [0.5, 0.6) is 0 Å². The summed E-state index contributed by atoms with van der Waals surface area (Å²) in [4.78, 5) is 4.16. The van der Waals surface area contributed by atoms with Crippen LogP contribution in [0.1, 0.15) is 18.2 Å². The van der Waals surface area contributed by atoms with E-state index in [1.165, 1.54) is 0 Å². The van der Waals surface area contributed by atoms with Crippen molar-refractivity contribution in [1.82, 2.24) is 4.98 Å². The number of aromatic amines is 1. The molecule has 2 rings (SSSR count). The normalized spacial score (nSPS) is 32.3. The summed E-state index contributed by atoms with van der Waals surface area (Å²) >= 11 is 6.64. The summed E-state index contributed by atoms with van der Waals surface area (Å²) in [6.45, 7) is 2.79. The third-order valence-corrected chi connectivity index (χ3v) is 4.16. The topological polar surface area (TPSA) is 34.2 Å². The average Bonchev–Trinajstić information content (AvgIpc) is 2.73. The van der Waals surface area contributed by atoms with Crippen molar-refractivity contribution in [3.8, 4) is 0 Å². The summed E-state index contributed by atoms with van der Waals surface area (Å²) in [6, 6.07) is 0. The SMILES string of the molecule is COC1(c2c[nH]c(=S)s2)CCOC1C. The second kappa shape index (κ2) is 3.73. The molecule has 0 radical (unpaired) electrons. The Labute approximate surface area is 92.1 Å². The summed E-state index contributed by atoms with van der Waals surface area (Å²) in [5.41, 5.74) is -0.293. The van der Waals surface area contributed by atoms with Crippen molar-refractivity contribution in [2.45, 2.75) is 25.0 Å². The van der Waals surface area contributed by atoms with Gasteiger partial charge in [-0.3, -0.25) is 0 Å². The van der Waals surface area contributed by atoms with Gasteiger partial charge in [-0.1, -0.05) is 0 Å². The molecule has 1 N–H and O–H groups in total. The Morgan fingerprint density at radius 2 is 2.57 bits per heavy atom. The Hall–Kier alpha value is -0.230. The maximum Gasteiger partial charge on any atom is 0.158 e. The molecular weight excluding hydrogens is 218 g/mol. The van der Waals surface area contributed by atoms with Crippen molar-refractivity contribution < 1.29 is 9.47 Å². The van der Waals surface area contributed by atoms with Gasteiger partial charge in [-0.05, 0) is 19.1 Å². The van der Waals surface area contributed by atoms with Gasteiger partial charge >= 0.3 is 0 Å². The van der Waals surface area contributed by atoms with Crippen LogP contribution in [0, 0.1) is 3.95 Å². The van der Waals surface area contributed by atoms with Gasteiger partial charge in [0, 0.05) is 19.7 Å². The minimum absolute atomic E-state index is 0.0916. The fourth-order valence-electron chi connectivity index (χ4n) is 1.91. The number of aromatic nitrogens is 1. The predicted molar refractivity (Wildman–Crippen MR) is 58.2 cm³/mol. The maximum atomic E-state index is 5.63. The molecule has 0 aromatic carbocycles. The minimum Gasteiger partial charge on any atom is -0.375 e. The van der Waals surface area contributed by atoms with E-state index in [9.17, 15) is 0 Å². The van der Waals surface area contributed by atoms with Gasteiger partial charge in [-0.15, -0.1) is 11.3 Å². The number of hydrogen-bond acceptors (Lipinski definition) is 4. The fourth-order valence-corrected chi connectivity index (χ4v) is 3.20. The average molecular weight is 231 g/mol. The van der Waals surface area contributed by atoms with Gasteiger partial charge in [-0.2, -0.15) is 0 Å². The fraction of sp³-hybridized carbons (Fsp3) is 0.667. The largest absolute Gasteiger partial charge is 0.375 e. The van der Waals surface area contributed by atoms with E-state index in [0.717, 1.165) is 21.9 Å². The van der Waals surface area contributed by atoms with Crippen LogP contribution >= 0.6 is 23.6 Å². The lowest BCUT2D eigenvalue weighted by molar-refractivity contribution is -0.0623. The van der Waals surface area contributed by atoms with Crippen LogP contribution in [0.15, 0.2) is 6.20 Å². The van der Waals surface area contributed by atoms with Crippen molar-refractivity contribution in [3.05, 3.63) is 15.0 Å². The van der Waals surface area contributed by atoms with Crippen LogP contribution in [0.4, 0.5) is 0 Å². The van der Waals surface area contributed by atoms with E-state index >= 15 is 0 Å². The molecule has 1 aromatic heterocycles. The summed E-state index contributed by atoms with van der Waals surface area (Å²) in [7, 11) is 1.73. The molecule has 5 heteroatoms. The molecule has 2 heterocycles. The van der Waals surface area contributed by atoms with Crippen LogP contribution < -0.4 is 0 Å². The second-order valence-corrected chi connectivity index (χ2v) is 5.12. The first-order valence-corrected chi connectivity index (χ1v) is 5.77. The quantitative estimate of drug-likeness (QED) is 0.794. The molecule has 1 fully saturated rings. The zero-order valence-corrected chi connectivity index (χ0v) is 9.83. The number of ether oxygens (including phenoxy) is 2. The highest BCUT2D eigenvalue weighted by Crippen LogP contribution is 2.40. The molecule has 0 amide bonds. The Balaban J connectivity index is 2.41. The molecule has 2 unspecified atom stereocenters. The van der Waals surface area contributed by atoms with E-state index in [0.29, 0.717) is 0 Å². The second-order valence-electron chi connectivity index (χ2n) is 3.40. The summed E-state index contributed by atoms with van der Waals surface area (Å²) < 4.78 is 12.0. The van der Waals surface area contributed by atoms with Crippen molar-refractivity contribution in [1.29, 1.82) is 0 Å². The molecule has 0 spiro atoms. The van der Waals surface area contributed by atoms with Crippen LogP contribution in [0.3, 0.4) is 0 Å². The molecule has 2 atom stereocenters. The van der Waals surface area contributed by atoms with Crippen LogP contribution in [-0.2, 0) is 15.1 Å². The number of methoxy groups -OCH3 is 1. The van der Waals surface area contributed by atoms with Gasteiger partial charge in [0.1, 0.15) is 5.60 Å². The Morgan fingerprint density at radius 1 is 1.79 bits per heavy atom. The third-order valence-electron chi connectivity index (χ3n) is 2.80. The van der Waals surface area contributed by atoms with E-state index in [4.69, 9.17) is 21.7 Å². The number of thiazole rings is 1. The first-order valence-electron chi connectivity index (χ1n) is 4.55. The van der Waals surface area contributed by atoms with E-state index < -0.39 is 0 Å². The molecule has 0 bridgehead atoms. The number of hydrogen-bond donors (Lipinski definition) is 1. The summed E-state index contributed by atoms with van der Waals surface area (Å²) in [5.74, 6) is 0. The van der Waals surface area contributed by atoms with Crippen molar-refractivity contribution >= 4 is 23.6 Å². The molecule has 0 saturated carbocycles. The van der Waals surface area contributed by atoms with Crippen molar-refractivity contribution in [2.24, 2.45) is 0 Å². The number of H-pyrrole nitrogens is 1. The highest BCUT2D eigenvalue weighted by atomic mass is 32.1. The summed E-state index contributed by atoms with van der Waals surface area (Å²) in [5, 5.41) is 0. The molecule has 1 saturated heterocycles. The molecule has 0 aliphatic carbocycles. The summed E-state index contributed by atoms with van der Waals surface area (Å²) in [6.07, 6.45) is 2.92. The van der Waals surface area contributed by atoms with Gasteiger partial charge in [0.2, 0.25) is 0 Å². The van der Waals surface area contributed by atoms with E-state index in [1.807, 2.05) is 13.1 Å². The minimum atomic E-state index is -0.293. The zero-order chi connectivity index (χ0) is 10.2. The zero-order valence-electron chi connectivity index (χ0n) is 8.20. The molecule has 14 heavy (non-hydrogen) atoms. The molecule has 1 aliphatic heterocycles. The van der Waals surface area contributed by atoms with E-state index in [2.05, 4.69) is 4.98 Å². The lowest BCUT2D eigenvalue weighted by Gasteiger charge is -2.29. The standard InChI is InChI=1S/C9H13NO2S2/c1-6-9(11-2,3-4-12-6)7-5-10-8(13)14-7/h5-6H,3-4H2,1-2H3,(H,10,13). The highest BCUT2D eigenvalue weighted by Gasteiger charge is 2.44. The van der Waals surface area contributed by atoms with Crippen LogP contribution in [-0.4, -0.2) is 24.8 Å². The number of nitrogens with one attached hydrogen (secondary N) is 1. The first kappa shape index (κ1) is 10.3. The molecule has 1 aromatic rings. The van der Waals surface area contributed by atoms with Crippen LogP contribution in [0.25, 0.3) is 0 Å². The van der Waals surface area contributed by atoms with Gasteiger partial charge in [0.25, 0.3) is 0 Å².